The third-order valence-electron chi connectivity index (χ3n) is 2.97. The molecule has 0 aliphatic carbocycles. The highest BCUT2D eigenvalue weighted by molar-refractivity contribution is 6.34. The molecule has 0 N–H and O–H groups in total. The molecule has 3 aromatic rings. The quantitative estimate of drug-likeness (QED) is 0.666. The minimum Gasteiger partial charge on any atom is -0.497 e. The van der Waals surface area contributed by atoms with E-state index >= 15 is 0 Å². The van der Waals surface area contributed by atoms with Crippen molar-refractivity contribution in [2.75, 3.05) is 7.11 Å². The number of hydrogen-bond acceptors (Lipinski definition) is 3. The van der Waals surface area contributed by atoms with E-state index < -0.39 is 0 Å². The Balaban J connectivity index is 2.25. The molecule has 0 amide bonds. The summed E-state index contributed by atoms with van der Waals surface area (Å²) in [6.45, 7) is 0. The molecular weight excluding hydrogens is 279 g/mol. The Labute approximate surface area is 120 Å². The van der Waals surface area contributed by atoms with Gasteiger partial charge in [-0.25, -0.2) is 14.4 Å². The molecule has 1 heterocycles. The predicted molar refractivity (Wildman–Crippen MR) is 76.5 cm³/mol. The van der Waals surface area contributed by atoms with E-state index in [2.05, 4.69) is 9.97 Å². The highest BCUT2D eigenvalue weighted by atomic mass is 35.5. The number of rotatable bonds is 2. The monoisotopic (exact) mass is 288 g/mol. The van der Waals surface area contributed by atoms with E-state index in [-0.39, 0.29) is 16.8 Å². The number of nitrogens with zero attached hydrogens (tertiary/aromatic N) is 2. The third-order valence-corrected chi connectivity index (χ3v) is 3.26. The van der Waals surface area contributed by atoms with Gasteiger partial charge < -0.3 is 4.74 Å². The van der Waals surface area contributed by atoms with Crippen molar-refractivity contribution in [1.82, 2.24) is 9.97 Å². The summed E-state index contributed by atoms with van der Waals surface area (Å²) in [5.41, 5.74) is 0.932. The standard InChI is InChI=1S/C15H10ClFN2O/c1-20-9-6-7-11-13(8-9)18-15(19-14(11)16)10-4-2-3-5-12(10)17/h2-8H,1H3. The van der Waals surface area contributed by atoms with Gasteiger partial charge >= 0.3 is 0 Å². The Morgan fingerprint density at radius 1 is 1.10 bits per heavy atom. The highest BCUT2D eigenvalue weighted by Gasteiger charge is 2.11. The molecule has 0 aliphatic rings. The number of benzene rings is 2. The molecule has 0 atom stereocenters. The molecule has 0 saturated carbocycles. The van der Waals surface area contributed by atoms with E-state index in [0.717, 1.165) is 0 Å². The molecule has 5 heteroatoms. The molecule has 0 radical (unpaired) electrons. The number of fused-ring (bicyclic) bond motifs is 1. The molecule has 0 aliphatic heterocycles. The fourth-order valence-electron chi connectivity index (χ4n) is 1.96. The zero-order valence-electron chi connectivity index (χ0n) is 10.6. The number of hydrogen-bond donors (Lipinski definition) is 0. The van der Waals surface area contributed by atoms with Gasteiger partial charge in [-0.2, -0.15) is 0 Å². The number of aromatic nitrogens is 2. The lowest BCUT2D eigenvalue weighted by Gasteiger charge is -2.07. The van der Waals surface area contributed by atoms with E-state index in [9.17, 15) is 4.39 Å². The van der Waals surface area contributed by atoms with Gasteiger partial charge in [0.2, 0.25) is 0 Å². The Hall–Kier alpha value is -2.20. The predicted octanol–water partition coefficient (Wildman–Crippen LogP) is 4.10. The van der Waals surface area contributed by atoms with Gasteiger partial charge in [0.1, 0.15) is 16.7 Å². The van der Waals surface area contributed by atoms with Crippen molar-refractivity contribution >= 4 is 22.5 Å². The van der Waals surface area contributed by atoms with Crippen molar-refractivity contribution in [2.45, 2.75) is 0 Å². The molecule has 0 unspecified atom stereocenters. The Morgan fingerprint density at radius 2 is 1.90 bits per heavy atom. The lowest BCUT2D eigenvalue weighted by atomic mass is 10.2. The number of methoxy groups -OCH3 is 1. The van der Waals surface area contributed by atoms with E-state index in [4.69, 9.17) is 16.3 Å². The highest BCUT2D eigenvalue weighted by Crippen LogP contribution is 2.28. The maximum Gasteiger partial charge on any atom is 0.164 e. The Bertz CT molecular complexity index is 792. The second-order valence-corrected chi connectivity index (χ2v) is 4.56. The van der Waals surface area contributed by atoms with Gasteiger partial charge in [-0.3, -0.25) is 0 Å². The van der Waals surface area contributed by atoms with Crippen molar-refractivity contribution in [3.8, 4) is 17.1 Å². The van der Waals surface area contributed by atoms with Crippen molar-refractivity contribution in [3.05, 3.63) is 53.4 Å². The van der Waals surface area contributed by atoms with Crippen molar-refractivity contribution in [1.29, 1.82) is 0 Å². The first-order chi connectivity index (χ1) is 9.69. The molecule has 100 valence electrons. The van der Waals surface area contributed by atoms with Crippen LogP contribution in [0.25, 0.3) is 22.3 Å². The SMILES string of the molecule is COc1ccc2c(Cl)nc(-c3ccccc3F)nc2c1. The molecule has 3 rings (SSSR count). The van der Waals surface area contributed by atoms with Crippen LogP contribution in [-0.2, 0) is 0 Å². The van der Waals surface area contributed by atoms with Gasteiger partial charge in [0.15, 0.2) is 5.82 Å². The summed E-state index contributed by atoms with van der Waals surface area (Å²) in [4.78, 5) is 8.52. The molecule has 0 fully saturated rings. The van der Waals surface area contributed by atoms with Gasteiger partial charge in [0.25, 0.3) is 0 Å². The van der Waals surface area contributed by atoms with Crippen LogP contribution >= 0.6 is 11.6 Å². The molecular formula is C15H10ClFN2O. The second-order valence-electron chi connectivity index (χ2n) is 4.20. The number of ether oxygens (including phenoxy) is 1. The zero-order valence-corrected chi connectivity index (χ0v) is 11.4. The van der Waals surface area contributed by atoms with Crippen LogP contribution in [-0.4, -0.2) is 17.1 Å². The summed E-state index contributed by atoms with van der Waals surface area (Å²) < 4.78 is 19.0. The average molecular weight is 289 g/mol. The summed E-state index contributed by atoms with van der Waals surface area (Å²) in [5, 5.41) is 0.989. The number of halogens is 2. The van der Waals surface area contributed by atoms with Gasteiger partial charge in [-0.1, -0.05) is 23.7 Å². The van der Waals surface area contributed by atoms with E-state index in [0.29, 0.717) is 22.2 Å². The summed E-state index contributed by atoms with van der Waals surface area (Å²) in [6, 6.07) is 11.6. The first-order valence-electron chi connectivity index (χ1n) is 5.95. The Kier molecular flexibility index (Phi) is 3.24. The average Bonchev–Trinajstić information content (AvgIpc) is 2.47. The summed E-state index contributed by atoms with van der Waals surface area (Å²) in [5.74, 6) is 0.534. The lowest BCUT2D eigenvalue weighted by molar-refractivity contribution is 0.415. The second kappa shape index (κ2) is 5.06. The molecule has 2 aromatic carbocycles. The summed E-state index contributed by atoms with van der Waals surface area (Å²) in [7, 11) is 1.57. The summed E-state index contributed by atoms with van der Waals surface area (Å²) >= 11 is 6.15. The van der Waals surface area contributed by atoms with Crippen molar-refractivity contribution in [3.63, 3.8) is 0 Å². The summed E-state index contributed by atoms with van der Waals surface area (Å²) in [6.07, 6.45) is 0. The molecule has 0 bridgehead atoms. The van der Waals surface area contributed by atoms with Gasteiger partial charge in [0.05, 0.1) is 18.2 Å². The molecule has 0 spiro atoms. The van der Waals surface area contributed by atoms with Crippen molar-refractivity contribution < 1.29 is 9.13 Å². The van der Waals surface area contributed by atoms with Crippen LogP contribution in [0.1, 0.15) is 0 Å². The van der Waals surface area contributed by atoms with Crippen LogP contribution in [0.15, 0.2) is 42.5 Å². The largest absolute Gasteiger partial charge is 0.497 e. The van der Waals surface area contributed by atoms with Crippen LogP contribution < -0.4 is 4.74 Å². The van der Waals surface area contributed by atoms with Crippen LogP contribution in [0.3, 0.4) is 0 Å². The molecule has 0 saturated heterocycles. The maximum absolute atomic E-state index is 13.8. The normalized spacial score (nSPS) is 10.8. The van der Waals surface area contributed by atoms with Crippen molar-refractivity contribution in [2.24, 2.45) is 0 Å². The van der Waals surface area contributed by atoms with Crippen LogP contribution in [0.2, 0.25) is 5.15 Å². The maximum atomic E-state index is 13.8. The fourth-order valence-corrected chi connectivity index (χ4v) is 2.20. The molecule has 1 aromatic heterocycles. The minimum absolute atomic E-state index is 0.258. The van der Waals surface area contributed by atoms with E-state index in [1.54, 1.807) is 43.5 Å². The first kappa shape index (κ1) is 12.8. The minimum atomic E-state index is -0.384. The van der Waals surface area contributed by atoms with Gasteiger partial charge in [-0.15, -0.1) is 0 Å². The van der Waals surface area contributed by atoms with Crippen LogP contribution in [0.4, 0.5) is 4.39 Å². The van der Waals surface area contributed by atoms with E-state index in [1.807, 2.05) is 0 Å². The first-order valence-corrected chi connectivity index (χ1v) is 6.33. The lowest BCUT2D eigenvalue weighted by Crippen LogP contribution is -1.94. The topological polar surface area (TPSA) is 35.0 Å². The van der Waals surface area contributed by atoms with Crippen LogP contribution in [0.5, 0.6) is 5.75 Å². The molecule has 20 heavy (non-hydrogen) atoms. The fraction of sp³-hybridized carbons (Fsp3) is 0.0667. The van der Waals surface area contributed by atoms with E-state index in [1.165, 1.54) is 6.07 Å². The third kappa shape index (κ3) is 2.18. The zero-order chi connectivity index (χ0) is 14.1. The Morgan fingerprint density at radius 3 is 2.65 bits per heavy atom. The van der Waals surface area contributed by atoms with Gasteiger partial charge in [0, 0.05) is 11.5 Å². The van der Waals surface area contributed by atoms with Crippen LogP contribution in [0, 0.1) is 5.82 Å². The smallest absolute Gasteiger partial charge is 0.164 e. The van der Waals surface area contributed by atoms with Gasteiger partial charge in [-0.05, 0) is 24.3 Å². The molecule has 3 nitrogen and oxygen atoms in total.